The normalized spacial score (nSPS) is 20.4. The van der Waals surface area contributed by atoms with Crippen molar-refractivity contribution in [3.8, 4) is 0 Å². The zero-order chi connectivity index (χ0) is 16.2. The molecule has 0 aliphatic carbocycles. The van der Waals surface area contributed by atoms with Crippen LogP contribution in [0.25, 0.3) is 0 Å². The molecule has 0 bridgehead atoms. The Labute approximate surface area is 130 Å². The van der Waals surface area contributed by atoms with Crippen molar-refractivity contribution >= 4 is 15.9 Å². The van der Waals surface area contributed by atoms with E-state index in [1.807, 2.05) is 0 Å². The summed E-state index contributed by atoms with van der Waals surface area (Å²) in [5.41, 5.74) is 0.716. The van der Waals surface area contributed by atoms with Gasteiger partial charge < -0.3 is 15.4 Å². The van der Waals surface area contributed by atoms with Gasteiger partial charge in [0.25, 0.3) is 5.91 Å². The van der Waals surface area contributed by atoms with E-state index in [2.05, 4.69) is 15.4 Å². The van der Waals surface area contributed by atoms with Gasteiger partial charge in [-0.2, -0.15) is 0 Å². The summed E-state index contributed by atoms with van der Waals surface area (Å²) in [5.74, 6) is -0.207. The largest absolute Gasteiger partial charge is 0.366 e. The molecule has 0 aromatic heterocycles. The molecule has 0 spiro atoms. The number of rotatable bonds is 5. The first-order valence-electron chi connectivity index (χ1n) is 7.10. The van der Waals surface area contributed by atoms with Gasteiger partial charge in [0.15, 0.2) is 0 Å². The lowest BCUT2D eigenvalue weighted by atomic mass is 10.1. The van der Waals surface area contributed by atoms with Crippen molar-refractivity contribution in [1.82, 2.24) is 15.4 Å². The molecule has 1 aromatic rings. The van der Waals surface area contributed by atoms with Gasteiger partial charge in [-0.05, 0) is 31.7 Å². The van der Waals surface area contributed by atoms with Crippen LogP contribution in [0.3, 0.4) is 0 Å². The number of sulfonamides is 1. The van der Waals surface area contributed by atoms with Crippen molar-refractivity contribution < 1.29 is 17.9 Å². The average molecular weight is 327 g/mol. The SMILES string of the molecule is CNS(=O)(=O)c1cccc(C(C)NC(=O)C2CNCCO2)c1. The van der Waals surface area contributed by atoms with Gasteiger partial charge in [0, 0.05) is 13.1 Å². The van der Waals surface area contributed by atoms with E-state index in [0.29, 0.717) is 18.7 Å². The fourth-order valence-corrected chi connectivity index (χ4v) is 2.98. The van der Waals surface area contributed by atoms with Crippen LogP contribution in [0.2, 0.25) is 0 Å². The Bertz CT molecular complexity index is 627. The Morgan fingerprint density at radius 2 is 2.23 bits per heavy atom. The van der Waals surface area contributed by atoms with Crippen molar-refractivity contribution in [1.29, 1.82) is 0 Å². The summed E-state index contributed by atoms with van der Waals surface area (Å²) in [7, 11) is -2.14. The monoisotopic (exact) mass is 327 g/mol. The summed E-state index contributed by atoms with van der Waals surface area (Å²) >= 11 is 0. The van der Waals surface area contributed by atoms with Crippen LogP contribution in [-0.4, -0.2) is 47.2 Å². The minimum atomic E-state index is -3.50. The van der Waals surface area contributed by atoms with E-state index in [0.717, 1.165) is 6.54 Å². The maximum Gasteiger partial charge on any atom is 0.250 e. The maximum atomic E-state index is 12.1. The van der Waals surface area contributed by atoms with E-state index < -0.39 is 16.1 Å². The first-order valence-corrected chi connectivity index (χ1v) is 8.58. The van der Waals surface area contributed by atoms with Crippen LogP contribution < -0.4 is 15.4 Å². The molecule has 3 N–H and O–H groups in total. The molecule has 2 unspecified atom stereocenters. The predicted octanol–water partition coefficient (Wildman–Crippen LogP) is -0.240. The number of benzene rings is 1. The fraction of sp³-hybridized carbons (Fsp3) is 0.500. The molecule has 22 heavy (non-hydrogen) atoms. The molecule has 2 rings (SSSR count). The van der Waals surface area contributed by atoms with E-state index in [-0.39, 0.29) is 16.8 Å². The Kier molecular flexibility index (Phi) is 5.52. The molecule has 0 radical (unpaired) electrons. The second kappa shape index (κ2) is 7.19. The highest BCUT2D eigenvalue weighted by molar-refractivity contribution is 7.89. The van der Waals surface area contributed by atoms with Gasteiger partial charge in [-0.25, -0.2) is 13.1 Å². The summed E-state index contributed by atoms with van der Waals surface area (Å²) < 4.78 is 31.3. The van der Waals surface area contributed by atoms with Crippen LogP contribution in [0.1, 0.15) is 18.5 Å². The summed E-state index contributed by atoms with van der Waals surface area (Å²) in [4.78, 5) is 12.3. The number of carbonyl (C=O) groups excluding carboxylic acids is 1. The average Bonchev–Trinajstić information content (AvgIpc) is 2.55. The number of carbonyl (C=O) groups is 1. The van der Waals surface area contributed by atoms with Gasteiger partial charge in [0.05, 0.1) is 17.5 Å². The van der Waals surface area contributed by atoms with Gasteiger partial charge in [-0.1, -0.05) is 12.1 Å². The Hall–Kier alpha value is -1.48. The smallest absolute Gasteiger partial charge is 0.250 e. The minimum absolute atomic E-state index is 0.171. The highest BCUT2D eigenvalue weighted by Gasteiger charge is 2.23. The van der Waals surface area contributed by atoms with Crippen LogP contribution in [0.5, 0.6) is 0 Å². The van der Waals surface area contributed by atoms with Crippen molar-refractivity contribution in [2.45, 2.75) is 24.0 Å². The zero-order valence-electron chi connectivity index (χ0n) is 12.6. The van der Waals surface area contributed by atoms with Crippen LogP contribution in [0, 0.1) is 0 Å². The third-order valence-corrected chi connectivity index (χ3v) is 4.93. The topological polar surface area (TPSA) is 96.5 Å². The van der Waals surface area contributed by atoms with Gasteiger partial charge in [0.1, 0.15) is 6.10 Å². The second-order valence-corrected chi connectivity index (χ2v) is 6.96. The van der Waals surface area contributed by atoms with Crippen LogP contribution in [0.15, 0.2) is 29.2 Å². The Balaban J connectivity index is 2.07. The Morgan fingerprint density at radius 1 is 1.45 bits per heavy atom. The van der Waals surface area contributed by atoms with Crippen LogP contribution >= 0.6 is 0 Å². The minimum Gasteiger partial charge on any atom is -0.366 e. The molecule has 122 valence electrons. The molecule has 2 atom stereocenters. The van der Waals surface area contributed by atoms with E-state index in [1.165, 1.54) is 13.1 Å². The molecule has 1 fully saturated rings. The summed E-state index contributed by atoms with van der Waals surface area (Å²) in [6.07, 6.45) is -0.513. The molecule has 1 aliphatic rings. The number of morpholine rings is 1. The molecule has 1 heterocycles. The molecule has 7 nitrogen and oxygen atoms in total. The molecule has 1 aliphatic heterocycles. The van der Waals surface area contributed by atoms with Crippen molar-refractivity contribution in [2.75, 3.05) is 26.7 Å². The molecular formula is C14H21N3O4S. The lowest BCUT2D eigenvalue weighted by molar-refractivity contribution is -0.134. The molecule has 1 amide bonds. The van der Waals surface area contributed by atoms with Gasteiger partial charge >= 0.3 is 0 Å². The Morgan fingerprint density at radius 3 is 2.86 bits per heavy atom. The molecule has 8 heteroatoms. The number of hydrogen-bond acceptors (Lipinski definition) is 5. The second-order valence-electron chi connectivity index (χ2n) is 5.07. The highest BCUT2D eigenvalue weighted by Crippen LogP contribution is 2.17. The quantitative estimate of drug-likeness (QED) is 0.694. The number of ether oxygens (including phenoxy) is 1. The van der Waals surface area contributed by atoms with Gasteiger partial charge in [0.2, 0.25) is 10.0 Å². The lowest BCUT2D eigenvalue weighted by Gasteiger charge is -2.24. The molecule has 1 saturated heterocycles. The van der Waals surface area contributed by atoms with Crippen molar-refractivity contribution in [2.24, 2.45) is 0 Å². The summed E-state index contributed by atoms with van der Waals surface area (Å²) in [6.45, 7) is 3.53. The van der Waals surface area contributed by atoms with Crippen LogP contribution in [0.4, 0.5) is 0 Å². The van der Waals surface area contributed by atoms with Crippen molar-refractivity contribution in [3.63, 3.8) is 0 Å². The molecular weight excluding hydrogens is 306 g/mol. The summed E-state index contributed by atoms with van der Waals surface area (Å²) in [5, 5.41) is 5.94. The standard InChI is InChI=1S/C14H21N3O4S/c1-10(17-14(18)13-9-16-6-7-21-13)11-4-3-5-12(8-11)22(19,20)15-2/h3-5,8,10,13,15-16H,6-7,9H2,1-2H3,(H,17,18). The van der Waals surface area contributed by atoms with E-state index in [9.17, 15) is 13.2 Å². The third-order valence-electron chi connectivity index (χ3n) is 3.52. The van der Waals surface area contributed by atoms with Crippen molar-refractivity contribution in [3.05, 3.63) is 29.8 Å². The third kappa shape index (κ3) is 4.04. The fourth-order valence-electron chi connectivity index (χ4n) is 2.19. The lowest BCUT2D eigenvalue weighted by Crippen LogP contribution is -2.48. The van der Waals surface area contributed by atoms with E-state index >= 15 is 0 Å². The number of nitrogens with one attached hydrogen (secondary N) is 3. The van der Waals surface area contributed by atoms with Crippen LogP contribution in [-0.2, 0) is 19.6 Å². The van der Waals surface area contributed by atoms with Gasteiger partial charge in [-0.15, -0.1) is 0 Å². The zero-order valence-corrected chi connectivity index (χ0v) is 13.4. The van der Waals surface area contributed by atoms with E-state index in [1.54, 1.807) is 25.1 Å². The summed E-state index contributed by atoms with van der Waals surface area (Å²) in [6, 6.07) is 6.18. The predicted molar refractivity (Wildman–Crippen MR) is 81.9 cm³/mol. The number of hydrogen-bond donors (Lipinski definition) is 3. The highest BCUT2D eigenvalue weighted by atomic mass is 32.2. The first kappa shape index (κ1) is 16.9. The van der Waals surface area contributed by atoms with E-state index in [4.69, 9.17) is 4.74 Å². The molecule has 0 saturated carbocycles. The molecule has 1 aromatic carbocycles. The number of amides is 1. The first-order chi connectivity index (χ1) is 10.4. The maximum absolute atomic E-state index is 12.1. The van der Waals surface area contributed by atoms with Gasteiger partial charge in [-0.3, -0.25) is 4.79 Å².